The molecule has 1 aliphatic rings. The molecule has 1 aliphatic heterocycles. The molecule has 122 valence electrons. The van der Waals surface area contributed by atoms with Gasteiger partial charge in [0.05, 0.1) is 12.7 Å². The van der Waals surface area contributed by atoms with Gasteiger partial charge in [-0.1, -0.05) is 29.8 Å². The zero-order valence-electron chi connectivity index (χ0n) is 12.9. The predicted octanol–water partition coefficient (Wildman–Crippen LogP) is 2.69. The molecule has 0 aliphatic carbocycles. The number of halogens is 1. The largest absolute Gasteiger partial charge is 0.440 e. The molecule has 24 heavy (non-hydrogen) atoms. The molecule has 0 radical (unpaired) electrons. The highest BCUT2D eigenvalue weighted by molar-refractivity contribution is 6.31. The van der Waals surface area contributed by atoms with Gasteiger partial charge in [-0.25, -0.2) is 4.98 Å². The summed E-state index contributed by atoms with van der Waals surface area (Å²) in [5, 5.41) is 9.01. The van der Waals surface area contributed by atoms with E-state index >= 15 is 0 Å². The van der Waals surface area contributed by atoms with Crippen LogP contribution in [0.3, 0.4) is 0 Å². The van der Waals surface area contributed by atoms with Crippen LogP contribution in [0.25, 0.3) is 11.6 Å². The summed E-state index contributed by atoms with van der Waals surface area (Å²) in [6.07, 6.45) is 2.89. The number of oxazole rings is 1. The third kappa shape index (κ3) is 2.37. The lowest BCUT2D eigenvalue weighted by atomic mass is 10.1. The number of carbonyl (C=O) groups excluding carboxylic acids is 1. The standard InChI is InChI=1S/C16H14ClN5O2/c1-10-16(23)21(7-11-4-2-3-5-12(11)17)8-14-19-20-15(22(10)14)13-6-18-9-24-13/h2-6,9-10H,7-8H2,1H3/t10-/m0/s1. The second-order valence-electron chi connectivity index (χ2n) is 5.64. The Morgan fingerprint density at radius 1 is 1.33 bits per heavy atom. The highest BCUT2D eigenvalue weighted by Crippen LogP contribution is 2.29. The Morgan fingerprint density at radius 2 is 2.17 bits per heavy atom. The molecule has 0 fully saturated rings. The van der Waals surface area contributed by atoms with Crippen LogP contribution in [0.4, 0.5) is 0 Å². The van der Waals surface area contributed by atoms with Crippen LogP contribution in [0.2, 0.25) is 5.02 Å². The van der Waals surface area contributed by atoms with Gasteiger partial charge >= 0.3 is 0 Å². The van der Waals surface area contributed by atoms with Crippen LogP contribution in [0.5, 0.6) is 0 Å². The molecule has 8 heteroatoms. The number of hydrogen-bond acceptors (Lipinski definition) is 5. The van der Waals surface area contributed by atoms with Crippen LogP contribution >= 0.6 is 11.6 Å². The lowest BCUT2D eigenvalue weighted by Gasteiger charge is -2.32. The minimum atomic E-state index is -0.425. The van der Waals surface area contributed by atoms with E-state index in [1.165, 1.54) is 6.39 Å². The second-order valence-corrected chi connectivity index (χ2v) is 6.04. The van der Waals surface area contributed by atoms with Crippen molar-refractivity contribution in [2.75, 3.05) is 0 Å². The van der Waals surface area contributed by atoms with Crippen molar-refractivity contribution in [3.05, 3.63) is 53.3 Å². The fraction of sp³-hybridized carbons (Fsp3) is 0.250. The smallest absolute Gasteiger partial charge is 0.246 e. The summed E-state index contributed by atoms with van der Waals surface area (Å²) in [7, 11) is 0. The van der Waals surface area contributed by atoms with E-state index in [1.807, 2.05) is 31.2 Å². The molecule has 1 atom stereocenters. The molecule has 7 nitrogen and oxygen atoms in total. The number of benzene rings is 1. The Morgan fingerprint density at radius 3 is 2.92 bits per heavy atom. The van der Waals surface area contributed by atoms with Crippen molar-refractivity contribution in [3.8, 4) is 11.6 Å². The third-order valence-electron chi connectivity index (χ3n) is 4.13. The summed E-state index contributed by atoms with van der Waals surface area (Å²) in [6, 6.07) is 7.08. The van der Waals surface area contributed by atoms with Gasteiger partial charge in [0, 0.05) is 11.6 Å². The number of amides is 1. The normalized spacial score (nSPS) is 17.2. The Hall–Kier alpha value is -2.67. The van der Waals surface area contributed by atoms with E-state index in [0.29, 0.717) is 35.5 Å². The van der Waals surface area contributed by atoms with Gasteiger partial charge in [0.2, 0.25) is 11.7 Å². The van der Waals surface area contributed by atoms with Crippen molar-refractivity contribution in [2.45, 2.75) is 26.1 Å². The topological polar surface area (TPSA) is 77.1 Å². The third-order valence-corrected chi connectivity index (χ3v) is 4.50. The average Bonchev–Trinajstić information content (AvgIpc) is 3.23. The van der Waals surface area contributed by atoms with E-state index < -0.39 is 6.04 Å². The van der Waals surface area contributed by atoms with Gasteiger partial charge in [0.15, 0.2) is 18.0 Å². The minimum absolute atomic E-state index is 0.0111. The van der Waals surface area contributed by atoms with Crippen molar-refractivity contribution < 1.29 is 9.21 Å². The second kappa shape index (κ2) is 5.76. The van der Waals surface area contributed by atoms with Crippen molar-refractivity contribution in [3.63, 3.8) is 0 Å². The van der Waals surface area contributed by atoms with E-state index in [-0.39, 0.29) is 5.91 Å². The zero-order chi connectivity index (χ0) is 16.7. The Labute approximate surface area is 142 Å². The number of fused-ring (bicyclic) bond motifs is 1. The fourth-order valence-corrected chi connectivity index (χ4v) is 3.12. The van der Waals surface area contributed by atoms with Gasteiger partial charge in [-0.15, -0.1) is 10.2 Å². The lowest BCUT2D eigenvalue weighted by Crippen LogP contribution is -2.41. The molecule has 3 heterocycles. The molecule has 0 saturated heterocycles. The summed E-state index contributed by atoms with van der Waals surface area (Å²) in [6.45, 7) is 2.64. The molecule has 0 unspecified atom stereocenters. The number of carbonyl (C=O) groups is 1. The quantitative estimate of drug-likeness (QED) is 0.730. The van der Waals surface area contributed by atoms with Crippen molar-refractivity contribution in [1.29, 1.82) is 0 Å². The SMILES string of the molecule is C[C@H]1C(=O)N(Cc2ccccc2Cl)Cc2nnc(-c3cnco3)n21. The van der Waals surface area contributed by atoms with Crippen LogP contribution < -0.4 is 0 Å². The maximum Gasteiger partial charge on any atom is 0.246 e. The van der Waals surface area contributed by atoms with E-state index in [9.17, 15) is 4.79 Å². The van der Waals surface area contributed by atoms with Gasteiger partial charge in [0.25, 0.3) is 0 Å². The highest BCUT2D eigenvalue weighted by atomic mass is 35.5. The first-order valence-electron chi connectivity index (χ1n) is 7.50. The number of rotatable bonds is 3. The van der Waals surface area contributed by atoms with Crippen molar-refractivity contribution in [2.24, 2.45) is 0 Å². The van der Waals surface area contributed by atoms with Crippen molar-refractivity contribution in [1.82, 2.24) is 24.6 Å². The summed E-state index contributed by atoms with van der Waals surface area (Å²) >= 11 is 6.21. The molecule has 1 aromatic carbocycles. The van der Waals surface area contributed by atoms with Crippen LogP contribution in [-0.4, -0.2) is 30.6 Å². The molecule has 0 bridgehead atoms. The maximum absolute atomic E-state index is 12.8. The van der Waals surface area contributed by atoms with Crippen LogP contribution in [0.1, 0.15) is 24.4 Å². The van der Waals surface area contributed by atoms with Gasteiger partial charge in [-0.2, -0.15) is 0 Å². The van der Waals surface area contributed by atoms with E-state index in [1.54, 1.807) is 15.7 Å². The Balaban J connectivity index is 1.67. The van der Waals surface area contributed by atoms with Gasteiger partial charge < -0.3 is 9.32 Å². The van der Waals surface area contributed by atoms with E-state index in [4.69, 9.17) is 16.0 Å². The molecule has 3 aromatic rings. The van der Waals surface area contributed by atoms with Crippen LogP contribution in [0, 0.1) is 0 Å². The maximum atomic E-state index is 12.8. The molecule has 2 aromatic heterocycles. The molecule has 4 rings (SSSR count). The average molecular weight is 344 g/mol. The van der Waals surface area contributed by atoms with E-state index in [2.05, 4.69) is 15.2 Å². The van der Waals surface area contributed by atoms with Gasteiger partial charge in [-0.05, 0) is 18.6 Å². The number of aromatic nitrogens is 4. The molecular weight excluding hydrogens is 330 g/mol. The van der Waals surface area contributed by atoms with Gasteiger partial charge in [0.1, 0.15) is 6.04 Å². The minimum Gasteiger partial charge on any atom is -0.440 e. The number of hydrogen-bond donors (Lipinski definition) is 0. The molecule has 0 N–H and O–H groups in total. The first kappa shape index (κ1) is 14.9. The first-order chi connectivity index (χ1) is 11.6. The first-order valence-corrected chi connectivity index (χ1v) is 7.88. The lowest BCUT2D eigenvalue weighted by molar-refractivity contribution is -0.137. The van der Waals surface area contributed by atoms with Crippen LogP contribution in [-0.2, 0) is 17.9 Å². The summed E-state index contributed by atoms with van der Waals surface area (Å²) in [5.41, 5.74) is 0.906. The fourth-order valence-electron chi connectivity index (χ4n) is 2.92. The summed E-state index contributed by atoms with van der Waals surface area (Å²) < 4.78 is 7.09. The Bertz CT molecular complexity index is 890. The summed E-state index contributed by atoms with van der Waals surface area (Å²) in [5.74, 6) is 1.71. The molecule has 1 amide bonds. The molecular formula is C16H14ClN5O2. The Kier molecular flexibility index (Phi) is 3.57. The molecule has 0 saturated carbocycles. The summed E-state index contributed by atoms with van der Waals surface area (Å²) in [4.78, 5) is 18.4. The highest BCUT2D eigenvalue weighted by Gasteiger charge is 2.34. The monoisotopic (exact) mass is 343 g/mol. The molecule has 0 spiro atoms. The predicted molar refractivity (Wildman–Crippen MR) is 85.9 cm³/mol. The number of nitrogens with zero attached hydrogens (tertiary/aromatic N) is 5. The van der Waals surface area contributed by atoms with Crippen LogP contribution in [0.15, 0.2) is 41.3 Å². The van der Waals surface area contributed by atoms with E-state index in [0.717, 1.165) is 5.56 Å². The zero-order valence-corrected chi connectivity index (χ0v) is 13.6. The van der Waals surface area contributed by atoms with Crippen molar-refractivity contribution >= 4 is 17.5 Å². The van der Waals surface area contributed by atoms with Gasteiger partial charge in [-0.3, -0.25) is 9.36 Å².